The maximum absolute atomic E-state index is 11.3. The lowest BCUT2D eigenvalue weighted by Crippen LogP contribution is -2.11. The van der Waals surface area contributed by atoms with Gasteiger partial charge in [-0.1, -0.05) is 25.1 Å². The van der Waals surface area contributed by atoms with Crippen molar-refractivity contribution in [2.75, 3.05) is 0 Å². The number of H-pyrrole nitrogens is 1. The van der Waals surface area contributed by atoms with Crippen molar-refractivity contribution >= 4 is 11.8 Å². The summed E-state index contributed by atoms with van der Waals surface area (Å²) in [5, 5.41) is 8.97. The van der Waals surface area contributed by atoms with Crippen LogP contribution in [0, 0.1) is 11.3 Å². The van der Waals surface area contributed by atoms with Gasteiger partial charge >= 0.3 is 0 Å². The molecule has 1 atom stereocenters. The Morgan fingerprint density at radius 3 is 3.07 bits per heavy atom. The molecule has 0 aliphatic rings. The molecular formula is C10H13N3OS. The van der Waals surface area contributed by atoms with Gasteiger partial charge in [0.15, 0.2) is 5.16 Å². The molecule has 5 heteroatoms. The van der Waals surface area contributed by atoms with Gasteiger partial charge in [0, 0.05) is 11.8 Å². The van der Waals surface area contributed by atoms with Crippen LogP contribution >= 0.6 is 11.8 Å². The summed E-state index contributed by atoms with van der Waals surface area (Å²) in [6, 6.07) is 3.59. The van der Waals surface area contributed by atoms with E-state index in [9.17, 15) is 4.79 Å². The van der Waals surface area contributed by atoms with Crippen LogP contribution in [-0.4, -0.2) is 15.2 Å². The molecule has 15 heavy (non-hydrogen) atoms. The highest BCUT2D eigenvalue weighted by Crippen LogP contribution is 2.17. The van der Waals surface area contributed by atoms with Crippen LogP contribution < -0.4 is 5.56 Å². The normalized spacial score (nSPS) is 12.1. The summed E-state index contributed by atoms with van der Waals surface area (Å²) in [5.74, 6) is 0. The Balaban J connectivity index is 2.89. The van der Waals surface area contributed by atoms with E-state index < -0.39 is 0 Å². The highest BCUT2D eigenvalue weighted by atomic mass is 32.2. The Labute approximate surface area is 92.7 Å². The first-order valence-corrected chi connectivity index (χ1v) is 5.70. The van der Waals surface area contributed by atoms with Gasteiger partial charge in [0.2, 0.25) is 0 Å². The summed E-state index contributed by atoms with van der Waals surface area (Å²) < 4.78 is 0. The third-order valence-electron chi connectivity index (χ3n) is 1.75. The largest absolute Gasteiger partial charge is 0.301 e. The van der Waals surface area contributed by atoms with E-state index in [0.717, 1.165) is 18.5 Å². The summed E-state index contributed by atoms with van der Waals surface area (Å²) >= 11 is 1.27. The van der Waals surface area contributed by atoms with Crippen molar-refractivity contribution in [3.05, 3.63) is 22.1 Å². The summed E-state index contributed by atoms with van der Waals surface area (Å²) in [7, 11) is 0. The highest BCUT2D eigenvalue weighted by Gasteiger charge is 2.06. The molecule has 1 aromatic rings. The van der Waals surface area contributed by atoms with Gasteiger partial charge < -0.3 is 4.98 Å². The van der Waals surface area contributed by atoms with Crippen molar-refractivity contribution in [3.8, 4) is 6.07 Å². The first kappa shape index (κ1) is 11.8. The summed E-state index contributed by atoms with van der Waals surface area (Å²) in [6.07, 6.45) is 1.74. The SMILES string of the molecule is CCCc1cc(=O)[nH]c(S[C@@H](C)C#N)n1. The Morgan fingerprint density at radius 1 is 1.73 bits per heavy atom. The lowest BCUT2D eigenvalue weighted by Gasteiger charge is -2.03. The molecule has 4 nitrogen and oxygen atoms in total. The molecule has 1 rings (SSSR count). The van der Waals surface area contributed by atoms with Crippen molar-refractivity contribution in [3.63, 3.8) is 0 Å². The lowest BCUT2D eigenvalue weighted by molar-refractivity contribution is 0.815. The first-order valence-electron chi connectivity index (χ1n) is 4.82. The van der Waals surface area contributed by atoms with E-state index in [1.807, 2.05) is 6.92 Å². The Kier molecular flexibility index (Phi) is 4.37. The number of nitrogens with zero attached hydrogens (tertiary/aromatic N) is 2. The Morgan fingerprint density at radius 2 is 2.47 bits per heavy atom. The molecule has 0 spiro atoms. The molecule has 0 saturated heterocycles. The number of aromatic nitrogens is 2. The van der Waals surface area contributed by atoms with Crippen LogP contribution in [0.2, 0.25) is 0 Å². The second kappa shape index (κ2) is 5.56. The predicted molar refractivity (Wildman–Crippen MR) is 59.8 cm³/mol. The van der Waals surface area contributed by atoms with Gasteiger partial charge in [0.1, 0.15) is 0 Å². The maximum atomic E-state index is 11.3. The minimum absolute atomic E-state index is 0.152. The van der Waals surface area contributed by atoms with Crippen molar-refractivity contribution < 1.29 is 0 Å². The van der Waals surface area contributed by atoms with Crippen LogP contribution in [-0.2, 0) is 6.42 Å². The standard InChI is InChI=1S/C10H13N3OS/c1-3-4-8-5-9(14)13-10(12-8)15-7(2)6-11/h5,7H,3-4H2,1-2H3,(H,12,13,14)/t7-/m0/s1. The van der Waals surface area contributed by atoms with Crippen LogP contribution in [0.1, 0.15) is 26.0 Å². The van der Waals surface area contributed by atoms with Gasteiger partial charge in [-0.15, -0.1) is 0 Å². The molecule has 0 aliphatic carbocycles. The van der Waals surface area contributed by atoms with Gasteiger partial charge in [0.05, 0.1) is 11.3 Å². The zero-order valence-corrected chi connectivity index (χ0v) is 9.60. The zero-order chi connectivity index (χ0) is 11.3. The average Bonchev–Trinajstić information content (AvgIpc) is 2.17. The lowest BCUT2D eigenvalue weighted by atomic mass is 10.2. The van der Waals surface area contributed by atoms with Crippen LogP contribution in [0.3, 0.4) is 0 Å². The zero-order valence-electron chi connectivity index (χ0n) is 8.78. The molecule has 1 N–H and O–H groups in total. The van der Waals surface area contributed by atoms with Crippen LogP contribution in [0.25, 0.3) is 0 Å². The molecular weight excluding hydrogens is 210 g/mol. The van der Waals surface area contributed by atoms with E-state index in [4.69, 9.17) is 5.26 Å². The number of aromatic amines is 1. The second-order valence-corrected chi connectivity index (χ2v) is 4.51. The monoisotopic (exact) mass is 223 g/mol. The molecule has 1 aromatic heterocycles. The summed E-state index contributed by atoms with van der Waals surface area (Å²) in [6.45, 7) is 3.81. The molecule has 0 saturated carbocycles. The quantitative estimate of drug-likeness (QED) is 0.623. The van der Waals surface area contributed by atoms with Gasteiger partial charge in [-0.3, -0.25) is 4.79 Å². The predicted octanol–water partition coefficient (Wildman–Crippen LogP) is 1.73. The van der Waals surface area contributed by atoms with Gasteiger partial charge in [-0.2, -0.15) is 5.26 Å². The molecule has 0 aliphatic heterocycles. The van der Waals surface area contributed by atoms with Crippen molar-refractivity contribution in [1.82, 2.24) is 9.97 Å². The summed E-state index contributed by atoms with van der Waals surface area (Å²) in [4.78, 5) is 18.1. The minimum atomic E-state index is -0.204. The van der Waals surface area contributed by atoms with Crippen LogP contribution in [0.15, 0.2) is 16.0 Å². The fraction of sp³-hybridized carbons (Fsp3) is 0.500. The molecule has 1 heterocycles. The number of thioether (sulfide) groups is 1. The molecule has 0 bridgehead atoms. The number of nitrogens with one attached hydrogen (secondary N) is 1. The van der Waals surface area contributed by atoms with E-state index in [-0.39, 0.29) is 10.8 Å². The van der Waals surface area contributed by atoms with Crippen LogP contribution in [0.4, 0.5) is 0 Å². The van der Waals surface area contributed by atoms with Crippen molar-refractivity contribution in [2.45, 2.75) is 37.1 Å². The third-order valence-corrected chi connectivity index (χ3v) is 2.62. The molecule has 0 fully saturated rings. The Bertz CT molecular complexity index is 421. The number of hydrogen-bond donors (Lipinski definition) is 1. The van der Waals surface area contributed by atoms with E-state index in [0.29, 0.717) is 5.16 Å². The summed E-state index contributed by atoms with van der Waals surface area (Å²) in [5.41, 5.74) is 0.634. The fourth-order valence-corrected chi connectivity index (χ4v) is 1.83. The number of rotatable bonds is 4. The molecule has 80 valence electrons. The number of aryl methyl sites for hydroxylation is 1. The van der Waals surface area contributed by atoms with Gasteiger partial charge in [-0.25, -0.2) is 4.98 Å². The van der Waals surface area contributed by atoms with Gasteiger partial charge in [0.25, 0.3) is 5.56 Å². The highest BCUT2D eigenvalue weighted by molar-refractivity contribution is 7.99. The average molecular weight is 223 g/mol. The van der Waals surface area contributed by atoms with Crippen molar-refractivity contribution in [2.24, 2.45) is 0 Å². The van der Waals surface area contributed by atoms with E-state index in [1.54, 1.807) is 6.92 Å². The van der Waals surface area contributed by atoms with E-state index in [1.165, 1.54) is 17.8 Å². The Hall–Kier alpha value is -1.28. The molecule has 0 unspecified atom stereocenters. The van der Waals surface area contributed by atoms with E-state index in [2.05, 4.69) is 16.0 Å². The van der Waals surface area contributed by atoms with Crippen molar-refractivity contribution in [1.29, 1.82) is 5.26 Å². The second-order valence-electron chi connectivity index (χ2n) is 3.18. The first-order chi connectivity index (χ1) is 7.15. The topological polar surface area (TPSA) is 69.5 Å². The van der Waals surface area contributed by atoms with E-state index >= 15 is 0 Å². The molecule has 0 radical (unpaired) electrons. The number of hydrogen-bond acceptors (Lipinski definition) is 4. The smallest absolute Gasteiger partial charge is 0.251 e. The van der Waals surface area contributed by atoms with Gasteiger partial charge in [-0.05, 0) is 13.3 Å². The minimum Gasteiger partial charge on any atom is -0.301 e. The third kappa shape index (κ3) is 3.76. The molecule has 0 amide bonds. The fourth-order valence-electron chi connectivity index (χ4n) is 1.12. The van der Waals surface area contributed by atoms with Crippen LogP contribution in [0.5, 0.6) is 0 Å². The molecule has 0 aromatic carbocycles. The number of nitriles is 1. The maximum Gasteiger partial charge on any atom is 0.251 e.